The molecule has 1 aromatic rings. The van der Waals surface area contributed by atoms with Crippen LogP contribution in [0.4, 0.5) is 0 Å². The van der Waals surface area contributed by atoms with Gasteiger partial charge in [-0.3, -0.25) is 4.79 Å². The molecule has 0 heterocycles. The molecule has 1 rings (SSSR count). The zero-order chi connectivity index (χ0) is 14.8. The minimum Gasteiger partial charge on any atom is -0.481 e. The summed E-state index contributed by atoms with van der Waals surface area (Å²) in [5.41, 5.74) is 0.766. The van der Waals surface area contributed by atoms with Gasteiger partial charge in [-0.2, -0.15) is 0 Å². The van der Waals surface area contributed by atoms with Crippen LogP contribution in [-0.2, 0) is 14.8 Å². The van der Waals surface area contributed by atoms with Crippen LogP contribution in [0.3, 0.4) is 0 Å². The van der Waals surface area contributed by atoms with E-state index >= 15 is 0 Å². The largest absolute Gasteiger partial charge is 0.481 e. The molecule has 1 aromatic carbocycles. The van der Waals surface area contributed by atoms with E-state index in [1.54, 1.807) is 13.0 Å². The molecular formula is C12H16ClNO4S. The molecule has 0 aromatic heterocycles. The topological polar surface area (TPSA) is 74.7 Å². The van der Waals surface area contributed by atoms with E-state index in [1.807, 2.05) is 0 Å². The molecule has 19 heavy (non-hydrogen) atoms. The average Bonchev–Trinajstić information content (AvgIpc) is 2.31. The van der Waals surface area contributed by atoms with E-state index in [1.165, 1.54) is 26.1 Å². The van der Waals surface area contributed by atoms with Gasteiger partial charge in [0.2, 0.25) is 10.0 Å². The van der Waals surface area contributed by atoms with Crippen LogP contribution in [-0.4, -0.2) is 37.4 Å². The normalized spacial score (nSPS) is 13.5. The highest BCUT2D eigenvalue weighted by atomic mass is 35.5. The van der Waals surface area contributed by atoms with Crippen LogP contribution in [0.1, 0.15) is 12.5 Å². The van der Waals surface area contributed by atoms with E-state index in [9.17, 15) is 13.2 Å². The number of hydrogen-bond donors (Lipinski definition) is 1. The smallest absolute Gasteiger partial charge is 0.307 e. The van der Waals surface area contributed by atoms with Crippen molar-refractivity contribution in [3.8, 4) is 0 Å². The lowest BCUT2D eigenvalue weighted by molar-refractivity contribution is -0.141. The van der Waals surface area contributed by atoms with Crippen LogP contribution in [0.5, 0.6) is 0 Å². The van der Waals surface area contributed by atoms with Gasteiger partial charge < -0.3 is 5.11 Å². The second-order valence-electron chi connectivity index (χ2n) is 4.46. The maximum atomic E-state index is 12.3. The van der Waals surface area contributed by atoms with Crippen molar-refractivity contribution >= 4 is 27.6 Å². The lowest BCUT2D eigenvalue weighted by Gasteiger charge is -2.20. The highest BCUT2D eigenvalue weighted by molar-refractivity contribution is 7.89. The molecule has 0 saturated heterocycles. The highest BCUT2D eigenvalue weighted by Crippen LogP contribution is 2.25. The fourth-order valence-corrected chi connectivity index (χ4v) is 3.35. The van der Waals surface area contributed by atoms with E-state index < -0.39 is 21.9 Å². The Morgan fingerprint density at radius 1 is 1.47 bits per heavy atom. The van der Waals surface area contributed by atoms with Crippen molar-refractivity contribution in [3.05, 3.63) is 28.8 Å². The Morgan fingerprint density at radius 3 is 2.58 bits per heavy atom. The van der Waals surface area contributed by atoms with Gasteiger partial charge in [-0.05, 0) is 24.6 Å². The van der Waals surface area contributed by atoms with Gasteiger partial charge >= 0.3 is 5.97 Å². The fraction of sp³-hybridized carbons (Fsp3) is 0.417. The summed E-state index contributed by atoms with van der Waals surface area (Å²) in [6, 6.07) is 4.69. The van der Waals surface area contributed by atoms with Crippen LogP contribution >= 0.6 is 11.6 Å². The molecule has 0 radical (unpaired) electrons. The minimum atomic E-state index is -3.78. The summed E-state index contributed by atoms with van der Waals surface area (Å²) in [5, 5.41) is 8.94. The van der Waals surface area contributed by atoms with Gasteiger partial charge in [0.05, 0.1) is 10.9 Å². The maximum Gasteiger partial charge on any atom is 0.307 e. The number of carboxylic acid groups (broad SMARTS) is 1. The van der Waals surface area contributed by atoms with Gasteiger partial charge in [-0.15, -0.1) is 0 Å². The molecule has 1 unspecified atom stereocenters. The standard InChI is InChI=1S/C12H16ClNO4S/c1-8-4-5-10(13)11(6-8)19(17,18)14(3)7-9(2)12(15)16/h4-6,9H,7H2,1-3H3,(H,15,16). The molecule has 0 amide bonds. The van der Waals surface area contributed by atoms with Crippen molar-refractivity contribution < 1.29 is 18.3 Å². The number of carboxylic acids is 1. The van der Waals surface area contributed by atoms with Crippen molar-refractivity contribution in [1.29, 1.82) is 0 Å². The van der Waals surface area contributed by atoms with Gasteiger partial charge in [-0.25, -0.2) is 12.7 Å². The molecule has 0 aliphatic carbocycles. The quantitative estimate of drug-likeness (QED) is 0.902. The molecule has 106 valence electrons. The predicted molar refractivity (Wildman–Crippen MR) is 72.8 cm³/mol. The molecule has 0 aliphatic heterocycles. The van der Waals surface area contributed by atoms with Crippen molar-refractivity contribution in [2.75, 3.05) is 13.6 Å². The molecule has 1 N–H and O–H groups in total. The molecule has 0 bridgehead atoms. The number of halogens is 1. The van der Waals surface area contributed by atoms with Crippen LogP contribution in [0.25, 0.3) is 0 Å². The Labute approximate surface area is 117 Å². The lowest BCUT2D eigenvalue weighted by Crippen LogP contribution is -2.33. The monoisotopic (exact) mass is 305 g/mol. The SMILES string of the molecule is Cc1ccc(Cl)c(S(=O)(=O)N(C)CC(C)C(=O)O)c1. The molecule has 0 aliphatic rings. The summed E-state index contributed by atoms with van der Waals surface area (Å²) < 4.78 is 25.6. The van der Waals surface area contributed by atoms with E-state index in [0.717, 1.165) is 9.87 Å². The number of benzene rings is 1. The molecular weight excluding hydrogens is 290 g/mol. The van der Waals surface area contributed by atoms with Crippen molar-refractivity contribution in [2.24, 2.45) is 5.92 Å². The van der Waals surface area contributed by atoms with E-state index in [-0.39, 0.29) is 16.5 Å². The minimum absolute atomic E-state index is 0.00532. The Balaban J connectivity index is 3.10. The number of aliphatic carboxylic acids is 1. The summed E-state index contributed by atoms with van der Waals surface area (Å²) in [4.78, 5) is 10.8. The van der Waals surface area contributed by atoms with E-state index in [0.29, 0.717) is 0 Å². The first-order chi connectivity index (χ1) is 8.66. The first-order valence-corrected chi connectivity index (χ1v) is 7.43. The first kappa shape index (κ1) is 15.9. The van der Waals surface area contributed by atoms with Crippen LogP contribution < -0.4 is 0 Å². The summed E-state index contributed by atoms with van der Waals surface area (Å²) in [6.07, 6.45) is 0. The van der Waals surface area contributed by atoms with Crippen LogP contribution in [0, 0.1) is 12.8 Å². The predicted octanol–water partition coefficient (Wildman–Crippen LogP) is 1.99. The highest BCUT2D eigenvalue weighted by Gasteiger charge is 2.26. The van der Waals surface area contributed by atoms with E-state index in [4.69, 9.17) is 16.7 Å². The van der Waals surface area contributed by atoms with Crippen molar-refractivity contribution in [2.45, 2.75) is 18.7 Å². The number of sulfonamides is 1. The Bertz CT molecular complexity index is 585. The van der Waals surface area contributed by atoms with Crippen LogP contribution in [0.15, 0.2) is 23.1 Å². The fourth-order valence-electron chi connectivity index (χ4n) is 1.54. The van der Waals surface area contributed by atoms with Crippen LogP contribution in [0.2, 0.25) is 5.02 Å². The number of aryl methyl sites for hydroxylation is 1. The summed E-state index contributed by atoms with van der Waals surface area (Å²) >= 11 is 5.90. The Morgan fingerprint density at radius 2 is 2.05 bits per heavy atom. The second kappa shape index (κ2) is 5.90. The summed E-state index contributed by atoms with van der Waals surface area (Å²) in [5.74, 6) is -1.83. The van der Waals surface area contributed by atoms with E-state index in [2.05, 4.69) is 0 Å². The lowest BCUT2D eigenvalue weighted by atomic mass is 10.2. The number of rotatable bonds is 5. The first-order valence-electron chi connectivity index (χ1n) is 5.61. The number of hydrogen-bond acceptors (Lipinski definition) is 3. The zero-order valence-corrected chi connectivity index (χ0v) is 12.5. The van der Waals surface area contributed by atoms with Crippen molar-refractivity contribution in [3.63, 3.8) is 0 Å². The molecule has 0 saturated carbocycles. The third kappa shape index (κ3) is 3.68. The summed E-state index contributed by atoms with van der Waals surface area (Å²) in [6.45, 7) is 3.10. The zero-order valence-electron chi connectivity index (χ0n) is 10.9. The van der Waals surface area contributed by atoms with Gasteiger partial charge in [-0.1, -0.05) is 24.6 Å². The number of nitrogens with zero attached hydrogens (tertiary/aromatic N) is 1. The van der Waals surface area contributed by atoms with Gasteiger partial charge in [0, 0.05) is 13.6 Å². The third-order valence-corrected chi connectivity index (χ3v) is 5.03. The third-order valence-electron chi connectivity index (χ3n) is 2.73. The average molecular weight is 306 g/mol. The van der Waals surface area contributed by atoms with Gasteiger partial charge in [0.15, 0.2) is 0 Å². The van der Waals surface area contributed by atoms with Crippen molar-refractivity contribution in [1.82, 2.24) is 4.31 Å². The Kier molecular flexibility index (Phi) is 4.95. The second-order valence-corrected chi connectivity index (χ2v) is 6.88. The Hall–Kier alpha value is -1.11. The number of carbonyl (C=O) groups is 1. The summed E-state index contributed by atoms with van der Waals surface area (Å²) in [7, 11) is -2.44. The maximum absolute atomic E-state index is 12.3. The van der Waals surface area contributed by atoms with Gasteiger partial charge in [0.25, 0.3) is 0 Å². The molecule has 1 atom stereocenters. The molecule has 7 heteroatoms. The van der Waals surface area contributed by atoms with Gasteiger partial charge in [0.1, 0.15) is 4.90 Å². The molecule has 0 spiro atoms. The molecule has 0 fully saturated rings. The molecule has 5 nitrogen and oxygen atoms in total.